The van der Waals surface area contributed by atoms with Crippen LogP contribution in [0.4, 0.5) is 0 Å². The minimum absolute atomic E-state index is 0.0433. The zero-order valence-electron chi connectivity index (χ0n) is 57.8. The molecule has 0 bridgehead atoms. The molecule has 15 atom stereocenters. The van der Waals surface area contributed by atoms with Crippen LogP contribution in [0.25, 0.3) is 0 Å². The largest absolute Gasteiger partial charge is 0.480 e. The summed E-state index contributed by atoms with van der Waals surface area (Å²) in [5, 5.41) is 49.2. The molecular weight excluding hydrogens is 1270 g/mol. The summed E-state index contributed by atoms with van der Waals surface area (Å²) in [4.78, 5) is 173. The highest BCUT2D eigenvalue weighted by Crippen LogP contribution is 2.17. The van der Waals surface area contributed by atoms with E-state index in [1.165, 1.54) is 38.1 Å². The first-order chi connectivity index (χ1) is 46.1. The average molecular weight is 1390 g/mol. The lowest BCUT2D eigenvalue weighted by atomic mass is 9.94. The fourth-order valence-corrected chi connectivity index (χ4v) is 10.5. The van der Waals surface area contributed by atoms with Gasteiger partial charge in [0.1, 0.15) is 66.5 Å². The number of hydrogen-bond acceptors (Lipinski definition) is 19. The highest BCUT2D eigenvalue weighted by Gasteiger charge is 2.38. The summed E-state index contributed by atoms with van der Waals surface area (Å²) in [6.45, 7) is 13.2. The summed E-state index contributed by atoms with van der Waals surface area (Å²) in [7, 11) is 0. The van der Waals surface area contributed by atoms with Crippen molar-refractivity contribution in [2.45, 2.75) is 224 Å². The Morgan fingerprint density at radius 2 is 0.835 bits per heavy atom. The lowest BCUT2D eigenvalue weighted by molar-refractivity contribution is -0.142. The molecular formula is C65H111N17O14S. The van der Waals surface area contributed by atoms with Crippen molar-refractivity contribution in [1.29, 1.82) is 0 Å². The minimum atomic E-state index is -1.71. The Morgan fingerprint density at radius 1 is 0.464 bits per heavy atom. The fourth-order valence-electron chi connectivity index (χ4n) is 10.0. The van der Waals surface area contributed by atoms with Crippen molar-refractivity contribution in [3.05, 3.63) is 54.1 Å². The van der Waals surface area contributed by atoms with Gasteiger partial charge in [-0.15, -0.1) is 0 Å². The maximum atomic E-state index is 14.6. The van der Waals surface area contributed by atoms with Crippen molar-refractivity contribution >= 4 is 82.7 Å². The van der Waals surface area contributed by atoms with Gasteiger partial charge in [-0.3, -0.25) is 52.7 Å². The zero-order valence-corrected chi connectivity index (χ0v) is 58.6. The molecule has 2 aromatic rings. The zero-order chi connectivity index (χ0) is 72.7. The summed E-state index contributed by atoms with van der Waals surface area (Å²) in [5.41, 5.74) is 24.3. The molecule has 0 radical (unpaired) electrons. The number of nitrogens with one attached hydrogen (secondary N) is 12. The number of nitrogens with zero attached hydrogens (tertiary/aromatic N) is 1. The van der Waals surface area contributed by atoms with Gasteiger partial charge in [0.2, 0.25) is 65.0 Å². The third kappa shape index (κ3) is 30.7. The molecule has 1 heterocycles. The van der Waals surface area contributed by atoms with E-state index in [0.29, 0.717) is 87.8 Å². The minimum Gasteiger partial charge on any atom is -0.480 e. The topological polar surface area (TPSA) is 510 Å². The quantitative estimate of drug-likeness (QED) is 0.0327. The predicted octanol–water partition coefficient (Wildman–Crippen LogP) is -1.75. The van der Waals surface area contributed by atoms with Crippen LogP contribution in [0.1, 0.15) is 150 Å². The van der Waals surface area contributed by atoms with Crippen LogP contribution >= 0.6 is 11.8 Å². The summed E-state index contributed by atoms with van der Waals surface area (Å²) >= 11 is 1.53. The summed E-state index contributed by atoms with van der Waals surface area (Å²) in [6, 6.07) is -6.64. The normalized spacial score (nSPS) is 15.9. The van der Waals surface area contributed by atoms with Crippen LogP contribution in [0.15, 0.2) is 42.9 Å². The van der Waals surface area contributed by atoms with Gasteiger partial charge in [0, 0.05) is 24.7 Å². The second kappa shape index (κ2) is 46.4. The van der Waals surface area contributed by atoms with Crippen LogP contribution in [-0.2, 0) is 70.4 Å². The number of aromatic amines is 1. The fraction of sp³-hybridized carbons (Fsp3) is 0.677. The maximum absolute atomic E-state index is 14.6. The van der Waals surface area contributed by atoms with E-state index in [1.807, 2.05) is 20.1 Å². The van der Waals surface area contributed by atoms with Crippen molar-refractivity contribution < 1.29 is 67.7 Å². The number of imidazole rings is 1. The van der Waals surface area contributed by atoms with Gasteiger partial charge in [-0.05, 0) is 133 Å². The highest BCUT2D eigenvalue weighted by atomic mass is 32.2. The standard InChI is InChI=1S/C65H111N17O14S/c1-10-37(4)51(81-58(88)46(25-17-20-29-67)75-59(89)48(32-42-22-14-13-15-23-42)78-63(93)52(38(5)11-2)82-64(94)53(39(6)12-3)80-56(86)44(69)27-31-97-9)62(92)73-40(7)54(84)72-41(8)55(85)79-50(35-83)61(91)77-49(33-43-34-70-36-71-43)60(90)74-45(24-16-19-28-66)57(87)76-47(65(95)96)26-18-21-30-68/h13-15,22-23,34,36-41,44-53,83H,10-12,16-21,24-33,35,66-69H2,1-9H3,(H,70,71)(H,72,84)(H,73,92)(H,74,90)(H,75,89)(H,76,87)(H,77,91)(H,78,93)(H,79,85)(H,80,86)(H,81,88)(H,82,94)(H,95,96)/t37-,38-,39-,40-,41-,44-,45-,46-,47-,48-,49-,50-,51-,52-,53-/m0/s1. The van der Waals surface area contributed by atoms with E-state index in [0.717, 1.165) is 0 Å². The Morgan fingerprint density at radius 3 is 1.29 bits per heavy atom. The average Bonchev–Trinajstić information content (AvgIpc) is 1.64. The number of carbonyl (C=O) groups excluding carboxylic acids is 11. The van der Waals surface area contributed by atoms with E-state index in [4.69, 9.17) is 22.9 Å². The SMILES string of the molecule is CC[C@H](C)[C@H](NC(=O)[C@H](CCCCN)NC(=O)[C@H](Cc1ccccc1)NC(=O)[C@@H](NC(=O)[C@@H](NC(=O)[C@@H](N)CCSC)[C@@H](C)CC)[C@@H](C)CC)C(=O)N[C@@H](C)C(=O)N[C@@H](C)C(=O)N[C@@H](CO)C(=O)N[C@@H](Cc1cnc[nH]1)C(=O)N[C@@H](CCCCN)C(=O)N[C@@H](CCCCN)C(=O)O. The van der Waals surface area contributed by atoms with Crippen LogP contribution < -0.4 is 81.4 Å². The van der Waals surface area contributed by atoms with Gasteiger partial charge in [0.15, 0.2) is 0 Å². The number of aliphatic hydroxyl groups excluding tert-OH is 1. The van der Waals surface area contributed by atoms with E-state index < -0.39 is 162 Å². The molecule has 0 unspecified atom stereocenters. The van der Waals surface area contributed by atoms with Crippen molar-refractivity contribution in [3.63, 3.8) is 0 Å². The van der Waals surface area contributed by atoms with Crippen LogP contribution in [0.2, 0.25) is 0 Å². The lowest BCUT2D eigenvalue weighted by Crippen LogP contribution is -2.62. The molecule has 2 rings (SSSR count). The molecule has 22 N–H and O–H groups in total. The molecule has 546 valence electrons. The Hall–Kier alpha value is -7.78. The number of benzene rings is 1. The number of aliphatic hydroxyl groups is 1. The van der Waals surface area contributed by atoms with Gasteiger partial charge in [0.25, 0.3) is 0 Å². The van der Waals surface area contributed by atoms with Crippen LogP contribution in [0, 0.1) is 17.8 Å². The number of carbonyl (C=O) groups is 12. The molecule has 1 aromatic carbocycles. The lowest BCUT2D eigenvalue weighted by Gasteiger charge is -2.31. The monoisotopic (exact) mass is 1390 g/mol. The predicted molar refractivity (Wildman–Crippen MR) is 368 cm³/mol. The number of H-pyrrole nitrogens is 1. The molecule has 0 saturated carbocycles. The second-order valence-corrected chi connectivity index (χ2v) is 25.7. The molecule has 31 nitrogen and oxygen atoms in total. The second-order valence-electron chi connectivity index (χ2n) is 24.7. The van der Waals surface area contributed by atoms with Crippen molar-refractivity contribution in [2.24, 2.45) is 40.7 Å². The third-order valence-corrected chi connectivity index (χ3v) is 17.6. The maximum Gasteiger partial charge on any atom is 0.326 e. The van der Waals surface area contributed by atoms with E-state index in [2.05, 4.69) is 68.5 Å². The molecule has 11 amide bonds. The molecule has 32 heteroatoms. The van der Waals surface area contributed by atoms with E-state index in [1.54, 1.807) is 58.0 Å². The molecule has 1 aromatic heterocycles. The first-order valence-electron chi connectivity index (χ1n) is 33.7. The van der Waals surface area contributed by atoms with Crippen molar-refractivity contribution in [1.82, 2.24) is 68.5 Å². The molecule has 97 heavy (non-hydrogen) atoms. The summed E-state index contributed by atoms with van der Waals surface area (Å²) in [6.07, 6.45) is 8.75. The molecule has 0 aliphatic rings. The van der Waals surface area contributed by atoms with Gasteiger partial charge >= 0.3 is 5.97 Å². The number of amides is 11. The smallest absolute Gasteiger partial charge is 0.326 e. The van der Waals surface area contributed by atoms with Crippen LogP contribution in [0.3, 0.4) is 0 Å². The number of aliphatic carboxylic acids is 1. The van der Waals surface area contributed by atoms with Gasteiger partial charge in [0.05, 0.1) is 19.0 Å². The van der Waals surface area contributed by atoms with E-state index >= 15 is 0 Å². The molecule has 0 fully saturated rings. The first kappa shape index (κ1) is 85.3. The number of aromatic nitrogens is 2. The molecule has 0 aliphatic carbocycles. The Labute approximate surface area is 573 Å². The van der Waals surface area contributed by atoms with Crippen LogP contribution in [-0.4, -0.2) is 202 Å². The van der Waals surface area contributed by atoms with Gasteiger partial charge < -0.3 is 96.6 Å². The number of carboxylic acid groups (broad SMARTS) is 1. The van der Waals surface area contributed by atoms with Crippen LogP contribution in [0.5, 0.6) is 0 Å². The van der Waals surface area contributed by atoms with Crippen molar-refractivity contribution in [3.8, 4) is 0 Å². The summed E-state index contributed by atoms with van der Waals surface area (Å²) < 4.78 is 0. The number of nitrogens with two attached hydrogens (primary N) is 4. The first-order valence-corrected chi connectivity index (χ1v) is 35.1. The number of rotatable bonds is 49. The Balaban J connectivity index is 2.34. The molecule has 0 aliphatic heterocycles. The molecule has 0 spiro atoms. The highest BCUT2D eigenvalue weighted by molar-refractivity contribution is 7.98. The molecule has 0 saturated heterocycles. The van der Waals surface area contributed by atoms with E-state index in [-0.39, 0.29) is 51.1 Å². The Bertz CT molecular complexity index is 2790. The summed E-state index contributed by atoms with van der Waals surface area (Å²) in [5.74, 6) is -10.7. The number of carboxylic acids is 1. The van der Waals surface area contributed by atoms with Crippen molar-refractivity contribution in [2.75, 3.05) is 38.2 Å². The Kier molecular flexibility index (Phi) is 40.8. The number of hydrogen-bond donors (Lipinski definition) is 18. The number of thioether (sulfide) groups is 1. The van der Waals surface area contributed by atoms with Gasteiger partial charge in [-0.25, -0.2) is 9.78 Å². The van der Waals surface area contributed by atoms with E-state index in [9.17, 15) is 67.7 Å². The third-order valence-electron chi connectivity index (χ3n) is 16.9. The van der Waals surface area contributed by atoms with Gasteiger partial charge in [-0.1, -0.05) is 91.1 Å². The van der Waals surface area contributed by atoms with Gasteiger partial charge in [-0.2, -0.15) is 11.8 Å². The number of unbranched alkanes of at least 4 members (excludes halogenated alkanes) is 3.